The number of benzene rings is 1. The van der Waals surface area contributed by atoms with Crippen LogP contribution in [0.3, 0.4) is 0 Å². The third-order valence-corrected chi connectivity index (χ3v) is 3.57. The third-order valence-electron chi connectivity index (χ3n) is 2.47. The first-order valence-electron chi connectivity index (χ1n) is 5.62. The van der Waals surface area contributed by atoms with E-state index in [4.69, 9.17) is 0 Å². The van der Waals surface area contributed by atoms with Gasteiger partial charge in [0.15, 0.2) is 0 Å². The molecule has 4 nitrogen and oxygen atoms in total. The van der Waals surface area contributed by atoms with Crippen molar-refractivity contribution in [3.63, 3.8) is 0 Å². The summed E-state index contributed by atoms with van der Waals surface area (Å²) in [5.74, 6) is -0.340. The molecule has 0 bridgehead atoms. The fourth-order valence-electron chi connectivity index (χ4n) is 1.63. The first-order valence-corrected chi connectivity index (χ1v) is 7.68. The summed E-state index contributed by atoms with van der Waals surface area (Å²) < 4.78 is 34.8. The zero-order chi connectivity index (χ0) is 13.8. The third kappa shape index (κ3) is 5.57. The molecule has 2 N–H and O–H groups in total. The second-order valence-corrected chi connectivity index (χ2v) is 6.65. The number of sulfone groups is 1. The van der Waals surface area contributed by atoms with Crippen LogP contribution in [0.4, 0.5) is 4.39 Å². The Bertz CT molecular complexity index is 473. The van der Waals surface area contributed by atoms with Crippen LogP contribution in [0.2, 0.25) is 0 Å². The highest BCUT2D eigenvalue weighted by Gasteiger charge is 2.13. The van der Waals surface area contributed by atoms with Crippen molar-refractivity contribution >= 4 is 9.84 Å². The summed E-state index contributed by atoms with van der Waals surface area (Å²) >= 11 is 0. The van der Waals surface area contributed by atoms with Crippen molar-refractivity contribution in [1.82, 2.24) is 5.32 Å². The molecule has 102 valence electrons. The Morgan fingerprint density at radius 1 is 1.33 bits per heavy atom. The lowest BCUT2D eigenvalue weighted by Gasteiger charge is -2.16. The number of hydrogen-bond acceptors (Lipinski definition) is 4. The molecule has 1 aromatic carbocycles. The molecule has 2 unspecified atom stereocenters. The standard InChI is InChI=1S/C12H18FNO3S/c1-9(8-18(2,16)17)14-7-12(15)10-3-5-11(13)6-4-10/h3-6,9,12,14-15H,7-8H2,1-2H3. The first-order chi connectivity index (χ1) is 8.28. The van der Waals surface area contributed by atoms with Crippen molar-refractivity contribution in [3.8, 4) is 0 Å². The normalized spacial score (nSPS) is 15.3. The lowest BCUT2D eigenvalue weighted by atomic mass is 10.1. The smallest absolute Gasteiger partial charge is 0.148 e. The molecular formula is C12H18FNO3S. The zero-order valence-corrected chi connectivity index (χ0v) is 11.2. The topological polar surface area (TPSA) is 66.4 Å². The number of hydrogen-bond donors (Lipinski definition) is 2. The number of nitrogens with one attached hydrogen (secondary N) is 1. The fraction of sp³-hybridized carbons (Fsp3) is 0.500. The van der Waals surface area contributed by atoms with E-state index in [2.05, 4.69) is 5.32 Å². The molecule has 0 aliphatic carbocycles. The van der Waals surface area contributed by atoms with Gasteiger partial charge >= 0.3 is 0 Å². The van der Waals surface area contributed by atoms with Gasteiger partial charge in [-0.2, -0.15) is 0 Å². The van der Waals surface area contributed by atoms with Gasteiger partial charge in [-0.15, -0.1) is 0 Å². The van der Waals surface area contributed by atoms with E-state index in [1.54, 1.807) is 6.92 Å². The molecule has 0 saturated heterocycles. The molecule has 0 heterocycles. The summed E-state index contributed by atoms with van der Waals surface area (Å²) in [6.07, 6.45) is 0.384. The van der Waals surface area contributed by atoms with Gasteiger partial charge in [0.25, 0.3) is 0 Å². The molecule has 1 rings (SSSR count). The maximum Gasteiger partial charge on any atom is 0.148 e. The molecule has 0 amide bonds. The molecule has 6 heteroatoms. The largest absolute Gasteiger partial charge is 0.387 e. The zero-order valence-electron chi connectivity index (χ0n) is 10.4. The minimum absolute atomic E-state index is 0.0170. The second-order valence-electron chi connectivity index (χ2n) is 4.47. The summed E-state index contributed by atoms with van der Waals surface area (Å²) in [6.45, 7) is 1.96. The van der Waals surface area contributed by atoms with Gasteiger partial charge in [-0.05, 0) is 24.6 Å². The van der Waals surface area contributed by atoms with Crippen LogP contribution < -0.4 is 5.32 Å². The van der Waals surface area contributed by atoms with Crippen LogP contribution in [0.15, 0.2) is 24.3 Å². The predicted octanol–water partition coefficient (Wildman–Crippen LogP) is 0.882. The summed E-state index contributed by atoms with van der Waals surface area (Å²) in [4.78, 5) is 0. The Kier molecular flexibility index (Phi) is 5.25. The molecule has 0 spiro atoms. The highest BCUT2D eigenvalue weighted by molar-refractivity contribution is 7.90. The summed E-state index contributed by atoms with van der Waals surface area (Å²) in [5.41, 5.74) is 0.593. The summed E-state index contributed by atoms with van der Waals surface area (Å²) in [6, 6.07) is 5.32. The predicted molar refractivity (Wildman–Crippen MR) is 68.5 cm³/mol. The maximum atomic E-state index is 12.7. The van der Waals surface area contributed by atoms with E-state index >= 15 is 0 Å². The maximum absolute atomic E-state index is 12.7. The molecule has 0 aromatic heterocycles. The Morgan fingerprint density at radius 2 is 1.89 bits per heavy atom. The molecular weight excluding hydrogens is 257 g/mol. The van der Waals surface area contributed by atoms with Crippen LogP contribution in [0, 0.1) is 5.82 Å². The number of aliphatic hydroxyl groups excluding tert-OH is 1. The minimum atomic E-state index is -3.04. The highest BCUT2D eigenvalue weighted by Crippen LogP contribution is 2.12. The highest BCUT2D eigenvalue weighted by atomic mass is 32.2. The quantitative estimate of drug-likeness (QED) is 0.809. The molecule has 18 heavy (non-hydrogen) atoms. The van der Waals surface area contributed by atoms with E-state index in [-0.39, 0.29) is 24.2 Å². The molecule has 0 aliphatic heterocycles. The average molecular weight is 275 g/mol. The van der Waals surface area contributed by atoms with Crippen LogP contribution in [0.1, 0.15) is 18.6 Å². The molecule has 2 atom stereocenters. The van der Waals surface area contributed by atoms with Gasteiger partial charge in [-0.25, -0.2) is 12.8 Å². The van der Waals surface area contributed by atoms with Gasteiger partial charge in [0.2, 0.25) is 0 Å². The number of aliphatic hydroxyl groups is 1. The Labute approximate surface area is 107 Å². The van der Waals surface area contributed by atoms with Crippen molar-refractivity contribution in [2.24, 2.45) is 0 Å². The second kappa shape index (κ2) is 6.26. The van der Waals surface area contributed by atoms with Crippen molar-refractivity contribution in [2.45, 2.75) is 19.1 Å². The van der Waals surface area contributed by atoms with Crippen molar-refractivity contribution < 1.29 is 17.9 Å². The Morgan fingerprint density at radius 3 is 2.39 bits per heavy atom. The van der Waals surface area contributed by atoms with E-state index in [9.17, 15) is 17.9 Å². The van der Waals surface area contributed by atoms with Crippen molar-refractivity contribution in [2.75, 3.05) is 18.6 Å². The van der Waals surface area contributed by atoms with E-state index in [1.807, 2.05) is 0 Å². The van der Waals surface area contributed by atoms with Crippen LogP contribution in [0.25, 0.3) is 0 Å². The molecule has 0 aliphatic rings. The van der Waals surface area contributed by atoms with Gasteiger partial charge in [0.05, 0.1) is 11.9 Å². The molecule has 1 aromatic rings. The van der Waals surface area contributed by atoms with Gasteiger partial charge < -0.3 is 10.4 Å². The van der Waals surface area contributed by atoms with Crippen molar-refractivity contribution in [3.05, 3.63) is 35.6 Å². The Hall–Kier alpha value is -0.980. The number of rotatable bonds is 6. The minimum Gasteiger partial charge on any atom is -0.387 e. The van der Waals surface area contributed by atoms with Gasteiger partial charge in [-0.1, -0.05) is 12.1 Å². The summed E-state index contributed by atoms with van der Waals surface area (Å²) in [7, 11) is -3.04. The van der Waals surface area contributed by atoms with Gasteiger partial charge in [0, 0.05) is 18.8 Å². The van der Waals surface area contributed by atoms with E-state index in [0.29, 0.717) is 5.56 Å². The Balaban J connectivity index is 2.46. The van der Waals surface area contributed by atoms with Crippen LogP contribution in [0.5, 0.6) is 0 Å². The van der Waals surface area contributed by atoms with E-state index in [0.717, 1.165) is 0 Å². The first kappa shape index (κ1) is 15.1. The van der Waals surface area contributed by atoms with Gasteiger partial charge in [-0.3, -0.25) is 0 Å². The summed E-state index contributed by atoms with van der Waals surface area (Å²) in [5, 5.41) is 12.8. The lowest BCUT2D eigenvalue weighted by molar-refractivity contribution is 0.171. The fourth-order valence-corrected chi connectivity index (χ4v) is 2.65. The lowest BCUT2D eigenvalue weighted by Crippen LogP contribution is -2.35. The van der Waals surface area contributed by atoms with Crippen LogP contribution >= 0.6 is 0 Å². The number of halogens is 1. The molecule has 0 radical (unpaired) electrons. The van der Waals surface area contributed by atoms with Gasteiger partial charge in [0.1, 0.15) is 15.7 Å². The molecule has 0 fully saturated rings. The SMILES string of the molecule is CC(CS(C)(=O)=O)NCC(O)c1ccc(F)cc1. The monoisotopic (exact) mass is 275 g/mol. The van der Waals surface area contributed by atoms with Crippen LogP contribution in [-0.4, -0.2) is 38.1 Å². The average Bonchev–Trinajstić information content (AvgIpc) is 2.24. The van der Waals surface area contributed by atoms with E-state index < -0.39 is 15.9 Å². The van der Waals surface area contributed by atoms with Crippen LogP contribution in [-0.2, 0) is 9.84 Å². The van der Waals surface area contributed by atoms with E-state index in [1.165, 1.54) is 30.5 Å². The molecule has 0 saturated carbocycles. The van der Waals surface area contributed by atoms with Crippen molar-refractivity contribution in [1.29, 1.82) is 0 Å².